The number of rotatable bonds is 6. The normalized spacial score (nSPS) is 12.5. The third-order valence-electron chi connectivity index (χ3n) is 2.80. The lowest BCUT2D eigenvalue weighted by Gasteiger charge is -2.20. The Morgan fingerprint density at radius 2 is 2.06 bits per heavy atom. The highest BCUT2D eigenvalue weighted by Crippen LogP contribution is 2.32. The van der Waals surface area contributed by atoms with Crippen molar-refractivity contribution in [2.24, 2.45) is 0 Å². The van der Waals surface area contributed by atoms with E-state index in [0.29, 0.717) is 10.0 Å². The molecule has 0 amide bonds. The minimum atomic E-state index is 0.193. The standard InChI is InChI=1S/C14H19Cl2N/c1-4-10(3)9-13(17-5-2)11-7-6-8-12(15)14(11)16/h6-8,13,17H,3-5,9H2,1-2H3. The Bertz CT molecular complexity index is 388. The molecule has 1 aromatic rings. The van der Waals surface area contributed by atoms with Crippen LogP contribution < -0.4 is 5.32 Å². The third-order valence-corrected chi connectivity index (χ3v) is 3.63. The molecule has 0 heterocycles. The molecule has 0 saturated heterocycles. The van der Waals surface area contributed by atoms with Crippen molar-refractivity contribution >= 4 is 23.2 Å². The lowest BCUT2D eigenvalue weighted by molar-refractivity contribution is 0.543. The Balaban J connectivity index is 2.96. The van der Waals surface area contributed by atoms with Gasteiger partial charge >= 0.3 is 0 Å². The maximum atomic E-state index is 6.25. The fourth-order valence-corrected chi connectivity index (χ4v) is 2.20. The fourth-order valence-electron chi connectivity index (χ4n) is 1.76. The summed E-state index contributed by atoms with van der Waals surface area (Å²) in [5.41, 5.74) is 2.27. The van der Waals surface area contributed by atoms with Crippen molar-refractivity contribution in [2.45, 2.75) is 32.7 Å². The molecule has 0 spiro atoms. The molecule has 0 radical (unpaired) electrons. The molecule has 1 rings (SSSR count). The second-order valence-electron chi connectivity index (χ2n) is 4.06. The number of benzene rings is 1. The average Bonchev–Trinajstić information content (AvgIpc) is 2.32. The van der Waals surface area contributed by atoms with Gasteiger partial charge in [-0.05, 0) is 31.0 Å². The van der Waals surface area contributed by atoms with Crippen LogP contribution in [0.25, 0.3) is 0 Å². The number of hydrogen-bond donors (Lipinski definition) is 1. The Morgan fingerprint density at radius 3 is 2.65 bits per heavy atom. The molecule has 0 bridgehead atoms. The molecule has 1 atom stereocenters. The van der Waals surface area contributed by atoms with Gasteiger partial charge in [0.2, 0.25) is 0 Å². The Labute approximate surface area is 114 Å². The van der Waals surface area contributed by atoms with Crippen molar-refractivity contribution in [3.63, 3.8) is 0 Å². The van der Waals surface area contributed by atoms with Crippen LogP contribution in [0.4, 0.5) is 0 Å². The highest BCUT2D eigenvalue weighted by molar-refractivity contribution is 6.42. The van der Waals surface area contributed by atoms with E-state index >= 15 is 0 Å². The molecule has 3 heteroatoms. The van der Waals surface area contributed by atoms with Gasteiger partial charge in [0.1, 0.15) is 0 Å². The van der Waals surface area contributed by atoms with E-state index in [1.807, 2.05) is 18.2 Å². The molecular weight excluding hydrogens is 253 g/mol. The van der Waals surface area contributed by atoms with Crippen LogP contribution in [0.15, 0.2) is 30.4 Å². The molecule has 94 valence electrons. The minimum absolute atomic E-state index is 0.193. The van der Waals surface area contributed by atoms with Gasteiger partial charge in [0, 0.05) is 6.04 Å². The maximum Gasteiger partial charge on any atom is 0.0640 e. The molecule has 0 aliphatic carbocycles. The van der Waals surface area contributed by atoms with Crippen LogP contribution in [-0.2, 0) is 0 Å². The summed E-state index contributed by atoms with van der Waals surface area (Å²) in [5.74, 6) is 0. The molecule has 0 aliphatic heterocycles. The van der Waals surface area contributed by atoms with Crippen molar-refractivity contribution in [1.29, 1.82) is 0 Å². The largest absolute Gasteiger partial charge is 0.310 e. The SMILES string of the molecule is C=C(CC)CC(NCC)c1cccc(Cl)c1Cl. The molecule has 1 N–H and O–H groups in total. The zero-order valence-corrected chi connectivity index (χ0v) is 11.9. The summed E-state index contributed by atoms with van der Waals surface area (Å²) in [6, 6.07) is 5.96. The summed E-state index contributed by atoms with van der Waals surface area (Å²) in [7, 11) is 0. The van der Waals surface area contributed by atoms with Gasteiger partial charge in [0.25, 0.3) is 0 Å². The first kappa shape index (κ1) is 14.6. The van der Waals surface area contributed by atoms with E-state index in [0.717, 1.165) is 24.9 Å². The van der Waals surface area contributed by atoms with Gasteiger partial charge in [-0.1, -0.05) is 61.3 Å². The Morgan fingerprint density at radius 1 is 1.35 bits per heavy atom. The van der Waals surface area contributed by atoms with E-state index in [1.54, 1.807) is 0 Å². The first-order chi connectivity index (χ1) is 8.10. The van der Waals surface area contributed by atoms with Crippen LogP contribution in [0, 0.1) is 0 Å². The summed E-state index contributed by atoms with van der Waals surface area (Å²) < 4.78 is 0. The van der Waals surface area contributed by atoms with E-state index in [2.05, 4.69) is 25.7 Å². The van der Waals surface area contributed by atoms with E-state index in [1.165, 1.54) is 5.57 Å². The molecule has 1 aromatic carbocycles. The lowest BCUT2D eigenvalue weighted by Crippen LogP contribution is -2.21. The van der Waals surface area contributed by atoms with Gasteiger partial charge < -0.3 is 5.32 Å². The quantitative estimate of drug-likeness (QED) is 0.718. The van der Waals surface area contributed by atoms with Crippen LogP contribution >= 0.6 is 23.2 Å². The highest BCUT2D eigenvalue weighted by Gasteiger charge is 2.15. The summed E-state index contributed by atoms with van der Waals surface area (Å²) in [5, 5.41) is 4.68. The molecule has 0 aromatic heterocycles. The van der Waals surface area contributed by atoms with Crippen molar-refractivity contribution in [3.8, 4) is 0 Å². The monoisotopic (exact) mass is 271 g/mol. The molecule has 0 aliphatic rings. The molecule has 1 unspecified atom stereocenters. The molecular formula is C14H19Cl2N. The molecule has 17 heavy (non-hydrogen) atoms. The summed E-state index contributed by atoms with van der Waals surface area (Å²) in [6.45, 7) is 9.15. The minimum Gasteiger partial charge on any atom is -0.310 e. The van der Waals surface area contributed by atoms with Gasteiger partial charge in [0.15, 0.2) is 0 Å². The van der Waals surface area contributed by atoms with Gasteiger partial charge in [-0.15, -0.1) is 0 Å². The zero-order chi connectivity index (χ0) is 12.8. The van der Waals surface area contributed by atoms with Crippen LogP contribution in [-0.4, -0.2) is 6.54 Å². The van der Waals surface area contributed by atoms with Crippen LogP contribution in [0.2, 0.25) is 10.0 Å². The summed E-state index contributed by atoms with van der Waals surface area (Å²) in [4.78, 5) is 0. The number of nitrogens with one attached hydrogen (secondary N) is 1. The Kier molecular flexibility index (Phi) is 6.04. The maximum absolute atomic E-state index is 6.25. The Hall–Kier alpha value is -0.500. The van der Waals surface area contributed by atoms with Crippen molar-refractivity contribution < 1.29 is 0 Å². The number of halogens is 2. The second kappa shape index (κ2) is 7.05. The molecule has 0 saturated carbocycles. The van der Waals surface area contributed by atoms with E-state index in [4.69, 9.17) is 23.2 Å². The van der Waals surface area contributed by atoms with Crippen LogP contribution in [0.1, 0.15) is 38.3 Å². The molecule has 1 nitrogen and oxygen atoms in total. The van der Waals surface area contributed by atoms with Crippen molar-refractivity contribution in [1.82, 2.24) is 5.32 Å². The van der Waals surface area contributed by atoms with Gasteiger partial charge in [-0.25, -0.2) is 0 Å². The summed E-state index contributed by atoms with van der Waals surface area (Å²) in [6.07, 6.45) is 1.88. The second-order valence-corrected chi connectivity index (χ2v) is 4.85. The zero-order valence-electron chi connectivity index (χ0n) is 10.4. The number of hydrogen-bond acceptors (Lipinski definition) is 1. The first-order valence-corrected chi connectivity index (χ1v) is 6.69. The lowest BCUT2D eigenvalue weighted by atomic mass is 9.98. The third kappa shape index (κ3) is 4.02. The van der Waals surface area contributed by atoms with Crippen LogP contribution in [0.3, 0.4) is 0 Å². The van der Waals surface area contributed by atoms with Gasteiger partial charge in [-0.2, -0.15) is 0 Å². The summed E-state index contributed by atoms with van der Waals surface area (Å²) >= 11 is 12.3. The fraction of sp³-hybridized carbons (Fsp3) is 0.429. The predicted octanol–water partition coefficient (Wildman–Crippen LogP) is 5.00. The van der Waals surface area contributed by atoms with E-state index < -0.39 is 0 Å². The molecule has 0 fully saturated rings. The first-order valence-electron chi connectivity index (χ1n) is 5.94. The van der Waals surface area contributed by atoms with Crippen molar-refractivity contribution in [2.75, 3.05) is 6.54 Å². The van der Waals surface area contributed by atoms with Gasteiger partial charge in [-0.3, -0.25) is 0 Å². The van der Waals surface area contributed by atoms with Crippen LogP contribution in [0.5, 0.6) is 0 Å². The average molecular weight is 272 g/mol. The van der Waals surface area contributed by atoms with Crippen molar-refractivity contribution in [3.05, 3.63) is 46.0 Å². The van der Waals surface area contributed by atoms with Gasteiger partial charge in [0.05, 0.1) is 10.0 Å². The predicted molar refractivity (Wildman–Crippen MR) is 76.9 cm³/mol. The van der Waals surface area contributed by atoms with E-state index in [-0.39, 0.29) is 6.04 Å². The topological polar surface area (TPSA) is 12.0 Å². The van der Waals surface area contributed by atoms with E-state index in [9.17, 15) is 0 Å². The smallest absolute Gasteiger partial charge is 0.0640 e. The highest BCUT2D eigenvalue weighted by atomic mass is 35.5.